The summed E-state index contributed by atoms with van der Waals surface area (Å²) in [5.41, 5.74) is 4.72. The third kappa shape index (κ3) is 5.75. The highest BCUT2D eigenvalue weighted by atomic mass is 35.5. The topological polar surface area (TPSA) is 83.8 Å². The van der Waals surface area contributed by atoms with Crippen molar-refractivity contribution in [2.45, 2.75) is 57.6 Å². The Bertz CT molecular complexity index is 835. The molecule has 1 amide bonds. The van der Waals surface area contributed by atoms with Gasteiger partial charge < -0.3 is 15.2 Å². The Labute approximate surface area is 176 Å². The number of aliphatic imine (C=N–C) groups is 1. The van der Waals surface area contributed by atoms with Crippen molar-refractivity contribution < 1.29 is 14.6 Å². The number of carbonyl (C=O) groups is 1. The van der Waals surface area contributed by atoms with Crippen LogP contribution in [-0.4, -0.2) is 47.6 Å². The fourth-order valence-corrected chi connectivity index (χ4v) is 3.84. The van der Waals surface area contributed by atoms with Gasteiger partial charge >= 0.3 is 0 Å². The number of rotatable bonds is 6. The van der Waals surface area contributed by atoms with Gasteiger partial charge in [0.25, 0.3) is 5.91 Å². The largest absolute Gasteiger partial charge is 0.389 e. The highest BCUT2D eigenvalue weighted by Crippen LogP contribution is 2.26. The van der Waals surface area contributed by atoms with Gasteiger partial charge in [0.15, 0.2) is 0 Å². The molecule has 0 bridgehead atoms. The molecule has 1 aliphatic heterocycles. The van der Waals surface area contributed by atoms with Crippen molar-refractivity contribution in [3.63, 3.8) is 0 Å². The molecule has 0 radical (unpaired) electrons. The second kappa shape index (κ2) is 10.1. The fourth-order valence-electron chi connectivity index (χ4n) is 3.79. The minimum absolute atomic E-state index is 0.233. The van der Waals surface area contributed by atoms with E-state index in [2.05, 4.69) is 21.9 Å². The molecule has 3 rings (SSSR count). The van der Waals surface area contributed by atoms with Crippen molar-refractivity contribution in [1.82, 2.24) is 10.3 Å². The standard InChI is InChI=1S/C22H28ClN3O3/c1-3-15(12-24-14(2)23)10-16-11-20(25-18-7-5-4-6-17(16)18)22(28)26-19-8-9-29-13-21(19)27/h3,11-12,19,21,27H,2,4-10,13H2,1H3,(H,26,28)/b15-3-,24-12-/t19-,21-/m0/s1. The van der Waals surface area contributed by atoms with Crippen LogP contribution >= 0.6 is 11.6 Å². The van der Waals surface area contributed by atoms with Crippen molar-refractivity contribution in [3.8, 4) is 0 Å². The zero-order valence-corrected chi connectivity index (χ0v) is 17.5. The van der Waals surface area contributed by atoms with E-state index >= 15 is 0 Å². The Balaban J connectivity index is 1.86. The summed E-state index contributed by atoms with van der Waals surface area (Å²) in [5.74, 6) is -0.254. The van der Waals surface area contributed by atoms with Crippen LogP contribution < -0.4 is 5.32 Å². The monoisotopic (exact) mass is 417 g/mol. The van der Waals surface area contributed by atoms with E-state index in [-0.39, 0.29) is 23.7 Å². The van der Waals surface area contributed by atoms with Crippen LogP contribution in [0.5, 0.6) is 0 Å². The first kappa shape index (κ1) is 21.7. The predicted octanol–water partition coefficient (Wildman–Crippen LogP) is 3.11. The molecule has 7 heteroatoms. The first-order valence-corrected chi connectivity index (χ1v) is 10.5. The maximum absolute atomic E-state index is 12.9. The van der Waals surface area contributed by atoms with Gasteiger partial charge in [0.05, 0.1) is 18.8 Å². The number of ether oxygens (including phenoxy) is 1. The lowest BCUT2D eigenvalue weighted by Crippen LogP contribution is -2.48. The quantitative estimate of drug-likeness (QED) is 0.550. The zero-order chi connectivity index (χ0) is 20.8. The third-order valence-corrected chi connectivity index (χ3v) is 5.50. The molecule has 1 aromatic rings. The second-order valence-electron chi connectivity index (χ2n) is 7.48. The van der Waals surface area contributed by atoms with E-state index in [4.69, 9.17) is 16.3 Å². The van der Waals surface area contributed by atoms with Gasteiger partial charge in [-0.15, -0.1) is 0 Å². The fraction of sp³-hybridized carbons (Fsp3) is 0.500. The lowest BCUT2D eigenvalue weighted by Gasteiger charge is -2.28. The molecule has 0 saturated carbocycles. The Hall–Kier alpha value is -2.02. The Kier molecular flexibility index (Phi) is 7.58. The van der Waals surface area contributed by atoms with E-state index in [1.165, 1.54) is 5.56 Å². The summed E-state index contributed by atoms with van der Waals surface area (Å²) in [6.45, 7) is 6.30. The van der Waals surface area contributed by atoms with Gasteiger partial charge in [-0.1, -0.05) is 24.3 Å². The predicted molar refractivity (Wildman–Crippen MR) is 115 cm³/mol. The Morgan fingerprint density at radius 2 is 2.28 bits per heavy atom. The number of nitrogens with one attached hydrogen (secondary N) is 1. The number of hydrogen-bond donors (Lipinski definition) is 2. The van der Waals surface area contributed by atoms with E-state index in [1.54, 1.807) is 6.21 Å². The molecule has 1 aliphatic carbocycles. The smallest absolute Gasteiger partial charge is 0.270 e. The molecule has 29 heavy (non-hydrogen) atoms. The van der Waals surface area contributed by atoms with Crippen LogP contribution in [-0.2, 0) is 24.0 Å². The molecule has 2 atom stereocenters. The van der Waals surface area contributed by atoms with Crippen molar-refractivity contribution in [2.75, 3.05) is 13.2 Å². The number of halogens is 1. The van der Waals surface area contributed by atoms with Crippen LogP contribution in [0.15, 0.2) is 34.4 Å². The van der Waals surface area contributed by atoms with Crippen LogP contribution in [0.3, 0.4) is 0 Å². The summed E-state index contributed by atoms with van der Waals surface area (Å²) in [6, 6.07) is 1.56. The molecule has 6 nitrogen and oxygen atoms in total. The average molecular weight is 418 g/mol. The summed E-state index contributed by atoms with van der Waals surface area (Å²) in [5, 5.41) is 13.2. The van der Waals surface area contributed by atoms with Crippen LogP contribution in [0, 0.1) is 0 Å². The number of aryl methyl sites for hydroxylation is 1. The molecule has 2 N–H and O–H groups in total. The Morgan fingerprint density at radius 3 is 3.00 bits per heavy atom. The van der Waals surface area contributed by atoms with Gasteiger partial charge in [-0.25, -0.2) is 9.98 Å². The normalized spacial score (nSPS) is 22.4. The zero-order valence-electron chi connectivity index (χ0n) is 16.8. The molecule has 1 saturated heterocycles. The van der Waals surface area contributed by atoms with Crippen LogP contribution in [0.2, 0.25) is 0 Å². The molecule has 2 heterocycles. The summed E-state index contributed by atoms with van der Waals surface area (Å²) >= 11 is 5.76. The average Bonchev–Trinajstić information content (AvgIpc) is 2.72. The molecule has 0 unspecified atom stereocenters. The molecule has 0 spiro atoms. The van der Waals surface area contributed by atoms with E-state index in [0.717, 1.165) is 42.5 Å². The molecule has 156 valence electrons. The summed E-state index contributed by atoms with van der Waals surface area (Å²) in [7, 11) is 0. The first-order chi connectivity index (χ1) is 14.0. The number of amides is 1. The van der Waals surface area contributed by atoms with E-state index in [0.29, 0.717) is 25.1 Å². The third-order valence-electron chi connectivity index (χ3n) is 5.40. The lowest BCUT2D eigenvalue weighted by molar-refractivity contribution is -0.0261. The molecular weight excluding hydrogens is 390 g/mol. The van der Waals surface area contributed by atoms with Gasteiger partial charge in [0.2, 0.25) is 0 Å². The van der Waals surface area contributed by atoms with Crippen molar-refractivity contribution >= 4 is 23.7 Å². The van der Waals surface area contributed by atoms with E-state index in [1.807, 2.05) is 19.1 Å². The molecule has 1 fully saturated rings. The van der Waals surface area contributed by atoms with Gasteiger partial charge in [-0.05, 0) is 68.2 Å². The number of fused-ring (bicyclic) bond motifs is 1. The van der Waals surface area contributed by atoms with Crippen LogP contribution in [0.4, 0.5) is 0 Å². The number of nitrogens with zero attached hydrogens (tertiary/aromatic N) is 2. The number of pyridine rings is 1. The van der Waals surface area contributed by atoms with Gasteiger partial charge in [0.1, 0.15) is 10.9 Å². The van der Waals surface area contributed by atoms with Crippen molar-refractivity contribution in [1.29, 1.82) is 0 Å². The summed E-state index contributed by atoms with van der Waals surface area (Å²) in [4.78, 5) is 21.6. The van der Waals surface area contributed by atoms with Gasteiger partial charge in [0, 0.05) is 18.5 Å². The molecule has 2 aliphatic rings. The summed E-state index contributed by atoms with van der Waals surface area (Å²) in [6.07, 6.45) is 8.28. The minimum Gasteiger partial charge on any atom is -0.389 e. The van der Waals surface area contributed by atoms with Gasteiger partial charge in [-0.3, -0.25) is 4.79 Å². The molecule has 0 aromatic carbocycles. The molecule has 1 aromatic heterocycles. The number of aliphatic hydroxyl groups excluding tert-OH is 1. The lowest BCUT2D eigenvalue weighted by atomic mass is 9.89. The molecular formula is C22H28ClN3O3. The Morgan fingerprint density at radius 1 is 1.48 bits per heavy atom. The second-order valence-corrected chi connectivity index (χ2v) is 7.92. The van der Waals surface area contributed by atoms with E-state index in [9.17, 15) is 9.90 Å². The van der Waals surface area contributed by atoms with Crippen LogP contribution in [0.25, 0.3) is 0 Å². The maximum Gasteiger partial charge on any atom is 0.270 e. The number of aliphatic hydroxyl groups is 1. The van der Waals surface area contributed by atoms with Crippen molar-refractivity contribution in [2.24, 2.45) is 4.99 Å². The number of aromatic nitrogens is 1. The van der Waals surface area contributed by atoms with Crippen LogP contribution in [0.1, 0.15) is 53.5 Å². The maximum atomic E-state index is 12.9. The number of allylic oxidation sites excluding steroid dienone is 2. The first-order valence-electron chi connectivity index (χ1n) is 10.1. The summed E-state index contributed by atoms with van der Waals surface area (Å²) < 4.78 is 5.24. The SMILES string of the molecule is C=C(Cl)/N=C\C(=C/C)Cc1cc(C(=O)N[C@H]2CCOC[C@@H]2O)nc2c1CCCC2. The van der Waals surface area contributed by atoms with Crippen molar-refractivity contribution in [3.05, 3.63) is 52.0 Å². The number of hydrogen-bond acceptors (Lipinski definition) is 5. The number of carbonyl (C=O) groups excluding carboxylic acids is 1. The van der Waals surface area contributed by atoms with E-state index < -0.39 is 6.10 Å². The van der Waals surface area contributed by atoms with Gasteiger partial charge in [-0.2, -0.15) is 0 Å². The minimum atomic E-state index is -0.695. The highest BCUT2D eigenvalue weighted by Gasteiger charge is 2.27. The highest BCUT2D eigenvalue weighted by molar-refractivity contribution is 6.29.